The van der Waals surface area contributed by atoms with E-state index in [1.54, 1.807) is 30.9 Å². The number of halogens is 1. The van der Waals surface area contributed by atoms with E-state index in [-0.39, 0.29) is 24.3 Å². The van der Waals surface area contributed by atoms with Crippen LogP contribution in [-0.2, 0) is 9.53 Å². The van der Waals surface area contributed by atoms with Gasteiger partial charge >= 0.3 is 5.97 Å². The molecule has 1 aromatic heterocycles. The van der Waals surface area contributed by atoms with Crippen molar-refractivity contribution >= 4 is 41.9 Å². The van der Waals surface area contributed by atoms with Crippen LogP contribution in [0.25, 0.3) is 0 Å². The number of amides is 1. The van der Waals surface area contributed by atoms with Gasteiger partial charge in [-0.3, -0.25) is 4.79 Å². The van der Waals surface area contributed by atoms with Gasteiger partial charge < -0.3 is 20.3 Å². The largest absolute Gasteiger partial charge is 0.462 e. The Labute approximate surface area is 171 Å². The lowest BCUT2D eigenvalue weighted by Crippen LogP contribution is -2.45. The third kappa shape index (κ3) is 6.86. The van der Waals surface area contributed by atoms with Crippen molar-refractivity contribution in [3.8, 4) is 0 Å². The lowest BCUT2D eigenvalue weighted by Gasteiger charge is -2.25. The fraction of sp³-hybridized carbons (Fsp3) is 0.611. The summed E-state index contributed by atoms with van der Waals surface area (Å²) in [4.78, 5) is 32.6. The molecule has 9 heteroatoms. The predicted molar refractivity (Wildman–Crippen MR) is 112 cm³/mol. The molecular weight excluding hydrogens is 388 g/mol. The number of nitrogens with two attached hydrogens (primary N) is 1. The molecule has 2 rings (SSSR count). The molecule has 0 aliphatic carbocycles. The van der Waals surface area contributed by atoms with Crippen molar-refractivity contribution in [2.24, 2.45) is 5.73 Å². The fourth-order valence-corrected chi connectivity index (χ4v) is 3.37. The number of anilines is 1. The van der Waals surface area contributed by atoms with Crippen molar-refractivity contribution in [1.82, 2.24) is 9.88 Å². The first kappa shape index (κ1) is 23.5. The third-order valence-electron chi connectivity index (χ3n) is 4.34. The Morgan fingerprint density at radius 3 is 2.70 bits per heavy atom. The number of carbonyl (C=O) groups excluding carboxylic acids is 2. The second-order valence-electron chi connectivity index (χ2n) is 6.18. The molecular formula is C18H29ClN4O3S. The van der Waals surface area contributed by atoms with Gasteiger partial charge in [0, 0.05) is 32.4 Å². The molecule has 0 aromatic carbocycles. The molecule has 1 atom stereocenters. The van der Waals surface area contributed by atoms with Crippen LogP contribution in [-0.4, -0.2) is 72.6 Å². The Bertz CT molecular complexity index is 603. The maximum absolute atomic E-state index is 12.5. The minimum Gasteiger partial charge on any atom is -0.462 e. The molecule has 2 N–H and O–H groups in total. The third-order valence-corrected chi connectivity index (χ3v) is 4.98. The minimum atomic E-state index is -0.420. The number of pyridine rings is 1. The van der Waals surface area contributed by atoms with Gasteiger partial charge in [-0.25, -0.2) is 9.78 Å². The molecule has 1 aliphatic heterocycles. The summed E-state index contributed by atoms with van der Waals surface area (Å²) in [6.45, 7) is 4.98. The van der Waals surface area contributed by atoms with E-state index in [4.69, 9.17) is 10.5 Å². The van der Waals surface area contributed by atoms with Crippen LogP contribution in [0.5, 0.6) is 0 Å². The van der Waals surface area contributed by atoms with Gasteiger partial charge in [0.2, 0.25) is 5.91 Å². The minimum absolute atomic E-state index is 0. The Morgan fingerprint density at radius 1 is 1.30 bits per heavy atom. The first-order chi connectivity index (χ1) is 12.6. The van der Waals surface area contributed by atoms with Crippen molar-refractivity contribution in [1.29, 1.82) is 0 Å². The number of rotatable bonds is 7. The van der Waals surface area contributed by atoms with Gasteiger partial charge in [-0.1, -0.05) is 0 Å². The molecule has 27 heavy (non-hydrogen) atoms. The van der Waals surface area contributed by atoms with Crippen LogP contribution < -0.4 is 10.6 Å². The molecule has 0 radical (unpaired) electrons. The quantitative estimate of drug-likeness (QED) is 0.678. The van der Waals surface area contributed by atoms with Crippen LogP contribution >= 0.6 is 24.2 Å². The summed E-state index contributed by atoms with van der Waals surface area (Å²) in [6, 6.07) is 3.14. The summed E-state index contributed by atoms with van der Waals surface area (Å²) in [6.07, 6.45) is 5.13. The molecule has 152 valence electrons. The zero-order chi connectivity index (χ0) is 18.9. The number of nitrogens with zero attached hydrogens (tertiary/aromatic N) is 3. The summed E-state index contributed by atoms with van der Waals surface area (Å²) in [5, 5.41) is 0. The molecule has 1 fully saturated rings. The van der Waals surface area contributed by atoms with E-state index in [1.807, 2.05) is 17.2 Å². The van der Waals surface area contributed by atoms with Gasteiger partial charge in [-0.15, -0.1) is 12.4 Å². The van der Waals surface area contributed by atoms with Crippen LogP contribution in [0.2, 0.25) is 0 Å². The molecule has 1 aromatic rings. The zero-order valence-electron chi connectivity index (χ0n) is 15.9. The molecule has 1 amide bonds. The highest BCUT2D eigenvalue weighted by Crippen LogP contribution is 2.15. The van der Waals surface area contributed by atoms with Gasteiger partial charge in [0.15, 0.2) is 0 Å². The smallest absolute Gasteiger partial charge is 0.339 e. The van der Waals surface area contributed by atoms with Gasteiger partial charge in [0.05, 0.1) is 18.2 Å². The average Bonchev–Trinajstić information content (AvgIpc) is 2.92. The molecule has 1 unspecified atom stereocenters. The first-order valence-corrected chi connectivity index (χ1v) is 10.4. The number of thioether (sulfide) groups is 1. The molecule has 1 saturated heterocycles. The maximum atomic E-state index is 12.5. The molecule has 2 heterocycles. The van der Waals surface area contributed by atoms with Crippen molar-refractivity contribution < 1.29 is 14.3 Å². The van der Waals surface area contributed by atoms with Crippen LogP contribution in [0.4, 0.5) is 5.82 Å². The van der Waals surface area contributed by atoms with E-state index < -0.39 is 6.04 Å². The second-order valence-corrected chi connectivity index (χ2v) is 7.16. The predicted octanol–water partition coefficient (Wildman–Crippen LogP) is 1.80. The van der Waals surface area contributed by atoms with Gasteiger partial charge in [-0.05, 0) is 43.9 Å². The van der Waals surface area contributed by atoms with Crippen LogP contribution in [0, 0.1) is 0 Å². The molecule has 0 spiro atoms. The van der Waals surface area contributed by atoms with E-state index in [1.165, 1.54) is 0 Å². The van der Waals surface area contributed by atoms with E-state index in [0.29, 0.717) is 38.2 Å². The summed E-state index contributed by atoms with van der Waals surface area (Å²) in [5.41, 5.74) is 6.47. The molecule has 1 aliphatic rings. The Morgan fingerprint density at radius 2 is 2.07 bits per heavy atom. The first-order valence-electron chi connectivity index (χ1n) is 8.98. The number of carbonyl (C=O) groups is 2. The Kier molecular flexibility index (Phi) is 10.5. The van der Waals surface area contributed by atoms with E-state index in [0.717, 1.165) is 24.5 Å². The molecule has 0 saturated carbocycles. The van der Waals surface area contributed by atoms with Crippen molar-refractivity contribution in [3.63, 3.8) is 0 Å². The lowest BCUT2D eigenvalue weighted by atomic mass is 10.2. The number of hydrogen-bond donors (Lipinski definition) is 1. The lowest BCUT2D eigenvalue weighted by molar-refractivity contribution is -0.132. The Balaban J connectivity index is 0.00000364. The number of ether oxygens (including phenoxy) is 1. The second kappa shape index (κ2) is 12.0. The van der Waals surface area contributed by atoms with Crippen molar-refractivity contribution in [2.75, 3.05) is 49.7 Å². The average molecular weight is 417 g/mol. The van der Waals surface area contributed by atoms with Crippen LogP contribution in [0.1, 0.15) is 30.1 Å². The molecule has 0 bridgehead atoms. The van der Waals surface area contributed by atoms with Gasteiger partial charge in [0.25, 0.3) is 0 Å². The van der Waals surface area contributed by atoms with Crippen LogP contribution in [0.3, 0.4) is 0 Å². The summed E-state index contributed by atoms with van der Waals surface area (Å²) in [5.74, 6) is 1.37. The molecule has 7 nitrogen and oxygen atoms in total. The monoisotopic (exact) mass is 416 g/mol. The van der Waals surface area contributed by atoms with E-state index in [9.17, 15) is 9.59 Å². The van der Waals surface area contributed by atoms with Crippen LogP contribution in [0.15, 0.2) is 18.3 Å². The van der Waals surface area contributed by atoms with E-state index in [2.05, 4.69) is 9.88 Å². The van der Waals surface area contributed by atoms with Gasteiger partial charge in [-0.2, -0.15) is 11.8 Å². The summed E-state index contributed by atoms with van der Waals surface area (Å²) < 4.78 is 4.97. The Hall–Kier alpha value is -1.51. The highest BCUT2D eigenvalue weighted by molar-refractivity contribution is 7.98. The SMILES string of the molecule is CCOC(=O)c1ccc(N2CCCN(C(=O)C(N)CCSC)CC2)nc1.Cl. The van der Waals surface area contributed by atoms with Crippen molar-refractivity contribution in [2.45, 2.75) is 25.8 Å². The normalized spacial score (nSPS) is 15.5. The highest BCUT2D eigenvalue weighted by Gasteiger charge is 2.24. The summed E-state index contributed by atoms with van der Waals surface area (Å²) >= 11 is 1.70. The standard InChI is InChI=1S/C18H28N4O3S.ClH/c1-3-25-18(24)14-5-6-16(20-13-14)21-8-4-9-22(11-10-21)17(23)15(19)7-12-26-2;/h5-6,13,15H,3-4,7-12,19H2,1-2H3;1H. The number of esters is 1. The zero-order valence-corrected chi connectivity index (χ0v) is 17.6. The van der Waals surface area contributed by atoms with Gasteiger partial charge in [0.1, 0.15) is 5.82 Å². The number of aromatic nitrogens is 1. The topological polar surface area (TPSA) is 88.8 Å². The fourth-order valence-electron chi connectivity index (χ4n) is 2.88. The summed E-state index contributed by atoms with van der Waals surface area (Å²) in [7, 11) is 0. The maximum Gasteiger partial charge on any atom is 0.339 e. The highest BCUT2D eigenvalue weighted by atomic mass is 35.5. The number of hydrogen-bond acceptors (Lipinski definition) is 7. The van der Waals surface area contributed by atoms with E-state index >= 15 is 0 Å². The van der Waals surface area contributed by atoms with Crippen molar-refractivity contribution in [3.05, 3.63) is 23.9 Å².